The molecule has 0 aromatic heterocycles. The maximum absolute atomic E-state index is 12.3. The molecule has 0 heterocycles. The molecule has 0 bridgehead atoms. The van der Waals surface area contributed by atoms with Crippen LogP contribution < -0.4 is 19.5 Å². The van der Waals surface area contributed by atoms with E-state index in [1.807, 2.05) is 24.3 Å². The van der Waals surface area contributed by atoms with Crippen molar-refractivity contribution in [1.82, 2.24) is 0 Å². The van der Waals surface area contributed by atoms with E-state index in [1.165, 1.54) is 0 Å². The van der Waals surface area contributed by atoms with Gasteiger partial charge in [0.05, 0.1) is 19.9 Å². The predicted molar refractivity (Wildman–Crippen MR) is 98.8 cm³/mol. The summed E-state index contributed by atoms with van der Waals surface area (Å²) in [7, 11) is 3.12. The number of nitrogens with one attached hydrogen (secondary N) is 1. The minimum absolute atomic E-state index is 0.0756. The van der Waals surface area contributed by atoms with Gasteiger partial charge in [0.15, 0.2) is 6.61 Å². The Morgan fingerprint density at radius 3 is 2.52 bits per heavy atom. The van der Waals surface area contributed by atoms with Crippen LogP contribution in [-0.2, 0) is 4.79 Å². The number of ether oxygens (including phenoxy) is 3. The van der Waals surface area contributed by atoms with Crippen LogP contribution in [0.15, 0.2) is 42.5 Å². The van der Waals surface area contributed by atoms with Crippen LogP contribution in [0.5, 0.6) is 17.2 Å². The minimum atomic E-state index is -0.259. The molecule has 0 saturated carbocycles. The molecule has 2 aromatic rings. The van der Waals surface area contributed by atoms with Gasteiger partial charge in [0.25, 0.3) is 5.91 Å². The zero-order valence-corrected chi connectivity index (χ0v) is 15.2. The summed E-state index contributed by atoms with van der Waals surface area (Å²) in [5.74, 6) is 2.06. The monoisotopic (exact) mass is 343 g/mol. The summed E-state index contributed by atoms with van der Waals surface area (Å²) in [6.07, 6.45) is 1.01. The first kappa shape index (κ1) is 18.6. The van der Waals surface area contributed by atoms with Crippen LogP contribution in [0.1, 0.15) is 31.7 Å². The number of para-hydroxylation sites is 1. The van der Waals surface area contributed by atoms with Gasteiger partial charge >= 0.3 is 0 Å². The summed E-state index contributed by atoms with van der Waals surface area (Å²) in [5, 5.41) is 2.80. The van der Waals surface area contributed by atoms with Crippen molar-refractivity contribution >= 4 is 11.6 Å². The van der Waals surface area contributed by atoms with Crippen LogP contribution in [0.2, 0.25) is 0 Å². The second-order valence-electron chi connectivity index (χ2n) is 5.75. The molecule has 1 N–H and O–H groups in total. The molecule has 0 radical (unpaired) electrons. The molecule has 1 amide bonds. The Bertz CT molecular complexity index is 715. The summed E-state index contributed by atoms with van der Waals surface area (Å²) in [6, 6.07) is 13.0. The number of rotatable bonds is 8. The average molecular weight is 343 g/mol. The molecule has 0 saturated heterocycles. The van der Waals surface area contributed by atoms with Crippen LogP contribution in [0.3, 0.4) is 0 Å². The summed E-state index contributed by atoms with van der Waals surface area (Å²) in [6.45, 7) is 4.19. The van der Waals surface area contributed by atoms with E-state index in [4.69, 9.17) is 14.2 Å². The number of hydrogen-bond donors (Lipinski definition) is 1. The van der Waals surface area contributed by atoms with E-state index in [2.05, 4.69) is 19.2 Å². The quantitative estimate of drug-likeness (QED) is 0.779. The molecular weight excluding hydrogens is 318 g/mol. The molecule has 25 heavy (non-hydrogen) atoms. The van der Waals surface area contributed by atoms with Gasteiger partial charge in [-0.15, -0.1) is 0 Å². The fourth-order valence-corrected chi connectivity index (χ4v) is 2.48. The normalized spacial score (nSPS) is 11.5. The highest BCUT2D eigenvalue weighted by atomic mass is 16.5. The second kappa shape index (κ2) is 8.97. The number of carbonyl (C=O) groups is 1. The average Bonchev–Trinajstić information content (AvgIpc) is 2.65. The highest BCUT2D eigenvalue weighted by Crippen LogP contribution is 2.30. The smallest absolute Gasteiger partial charge is 0.262 e. The lowest BCUT2D eigenvalue weighted by Gasteiger charge is -2.16. The lowest BCUT2D eigenvalue weighted by molar-refractivity contribution is -0.118. The van der Waals surface area contributed by atoms with E-state index >= 15 is 0 Å². The SMILES string of the molecule is CCC(C)c1ccccc1OCC(=O)Nc1cc(OC)ccc1OC. The van der Waals surface area contributed by atoms with Crippen molar-refractivity contribution in [2.45, 2.75) is 26.2 Å². The fraction of sp³-hybridized carbons (Fsp3) is 0.350. The van der Waals surface area contributed by atoms with Crippen molar-refractivity contribution in [3.05, 3.63) is 48.0 Å². The number of methoxy groups -OCH3 is 2. The summed E-state index contributed by atoms with van der Waals surface area (Å²) >= 11 is 0. The van der Waals surface area contributed by atoms with E-state index < -0.39 is 0 Å². The Hall–Kier alpha value is -2.69. The van der Waals surface area contributed by atoms with Crippen LogP contribution in [-0.4, -0.2) is 26.7 Å². The molecule has 0 aliphatic rings. The van der Waals surface area contributed by atoms with E-state index in [0.29, 0.717) is 23.1 Å². The van der Waals surface area contributed by atoms with Gasteiger partial charge in [0, 0.05) is 6.07 Å². The van der Waals surface area contributed by atoms with Crippen molar-refractivity contribution in [2.75, 3.05) is 26.1 Å². The van der Waals surface area contributed by atoms with Crippen molar-refractivity contribution in [1.29, 1.82) is 0 Å². The molecular formula is C20H25NO4. The van der Waals surface area contributed by atoms with E-state index in [0.717, 1.165) is 17.7 Å². The highest BCUT2D eigenvalue weighted by molar-refractivity contribution is 5.93. The largest absolute Gasteiger partial charge is 0.497 e. The van der Waals surface area contributed by atoms with Crippen LogP contribution in [0.25, 0.3) is 0 Å². The van der Waals surface area contributed by atoms with Crippen LogP contribution in [0.4, 0.5) is 5.69 Å². The molecule has 1 unspecified atom stereocenters. The molecule has 5 nitrogen and oxygen atoms in total. The third kappa shape index (κ3) is 4.89. The van der Waals surface area contributed by atoms with Gasteiger partial charge in [-0.25, -0.2) is 0 Å². The first-order chi connectivity index (χ1) is 12.1. The number of anilines is 1. The number of amides is 1. The molecule has 2 rings (SSSR count). The van der Waals surface area contributed by atoms with E-state index in [9.17, 15) is 4.79 Å². The van der Waals surface area contributed by atoms with Gasteiger partial charge in [0.2, 0.25) is 0 Å². The molecule has 0 aliphatic heterocycles. The van der Waals surface area contributed by atoms with Gasteiger partial charge in [-0.2, -0.15) is 0 Å². The third-order valence-corrected chi connectivity index (χ3v) is 4.10. The Balaban J connectivity index is 2.05. The van der Waals surface area contributed by atoms with Gasteiger partial charge in [-0.3, -0.25) is 4.79 Å². The van der Waals surface area contributed by atoms with Gasteiger partial charge in [0.1, 0.15) is 17.2 Å². The lowest BCUT2D eigenvalue weighted by atomic mass is 9.98. The standard InChI is InChI=1S/C20H25NO4/c1-5-14(2)16-8-6-7-9-18(16)25-13-20(22)21-17-12-15(23-3)10-11-19(17)24-4/h6-12,14H,5,13H2,1-4H3,(H,21,22). The maximum atomic E-state index is 12.3. The zero-order valence-electron chi connectivity index (χ0n) is 15.2. The molecule has 0 aliphatic carbocycles. The zero-order chi connectivity index (χ0) is 18.2. The summed E-state index contributed by atoms with van der Waals surface area (Å²) in [5.41, 5.74) is 1.66. The molecule has 1 atom stereocenters. The minimum Gasteiger partial charge on any atom is -0.497 e. The van der Waals surface area contributed by atoms with Crippen molar-refractivity contribution in [3.63, 3.8) is 0 Å². The Kier molecular flexibility index (Phi) is 6.69. The van der Waals surface area contributed by atoms with Gasteiger partial charge in [-0.05, 0) is 36.1 Å². The predicted octanol–water partition coefficient (Wildman–Crippen LogP) is 4.23. The number of hydrogen-bond acceptors (Lipinski definition) is 4. The number of carbonyl (C=O) groups excluding carboxylic acids is 1. The topological polar surface area (TPSA) is 56.8 Å². The fourth-order valence-electron chi connectivity index (χ4n) is 2.48. The lowest BCUT2D eigenvalue weighted by Crippen LogP contribution is -2.21. The molecule has 5 heteroatoms. The van der Waals surface area contributed by atoms with Crippen molar-refractivity contribution < 1.29 is 19.0 Å². The van der Waals surface area contributed by atoms with Crippen molar-refractivity contribution in [3.8, 4) is 17.2 Å². The molecule has 2 aromatic carbocycles. The van der Waals surface area contributed by atoms with E-state index in [1.54, 1.807) is 32.4 Å². The molecule has 134 valence electrons. The van der Waals surface area contributed by atoms with Gasteiger partial charge < -0.3 is 19.5 Å². The third-order valence-electron chi connectivity index (χ3n) is 4.10. The Morgan fingerprint density at radius 1 is 1.08 bits per heavy atom. The summed E-state index contributed by atoms with van der Waals surface area (Å²) < 4.78 is 16.2. The van der Waals surface area contributed by atoms with Crippen LogP contribution >= 0.6 is 0 Å². The maximum Gasteiger partial charge on any atom is 0.262 e. The van der Waals surface area contributed by atoms with Gasteiger partial charge in [-0.1, -0.05) is 32.0 Å². The van der Waals surface area contributed by atoms with Crippen molar-refractivity contribution in [2.24, 2.45) is 0 Å². The molecule has 0 fully saturated rings. The first-order valence-electron chi connectivity index (χ1n) is 8.32. The Morgan fingerprint density at radius 2 is 1.84 bits per heavy atom. The first-order valence-corrected chi connectivity index (χ1v) is 8.32. The molecule has 0 spiro atoms. The Labute approximate surface area is 148 Å². The highest BCUT2D eigenvalue weighted by Gasteiger charge is 2.13. The van der Waals surface area contributed by atoms with E-state index in [-0.39, 0.29) is 12.5 Å². The number of benzene rings is 2. The van der Waals surface area contributed by atoms with Crippen LogP contribution in [0, 0.1) is 0 Å². The second-order valence-corrected chi connectivity index (χ2v) is 5.75. The summed E-state index contributed by atoms with van der Waals surface area (Å²) in [4.78, 5) is 12.3.